The van der Waals surface area contributed by atoms with E-state index in [-0.39, 0.29) is 18.2 Å². The first kappa shape index (κ1) is 25.7. The lowest BCUT2D eigenvalue weighted by Gasteiger charge is -2.16. The smallest absolute Gasteiger partial charge is 0.264 e. The van der Waals surface area contributed by atoms with Crippen LogP contribution >= 0.6 is 0 Å². The molecule has 3 rings (SSSR count). The first-order valence-electron chi connectivity index (χ1n) is 11.3. The highest BCUT2D eigenvalue weighted by atomic mass is 32.2. The molecule has 0 bridgehead atoms. The van der Waals surface area contributed by atoms with E-state index in [4.69, 9.17) is 19.8 Å². The molecule has 2 aromatic heterocycles. The summed E-state index contributed by atoms with van der Waals surface area (Å²) in [4.78, 5) is 12.2. The van der Waals surface area contributed by atoms with E-state index in [0.717, 1.165) is 44.9 Å². The summed E-state index contributed by atoms with van der Waals surface area (Å²) in [7, 11) is -3.84. The standard InChI is InChI=1S/C20H33N5O7S/c21-18-15-19(23-12-22-18)25(13-24-15)20-17(27)16(26)14(32-20)11-31-9-7-5-3-1-2-4-6-8-10-33(28,29)30/h12-14,16-17,20,26-27H,1-11H2,(H2,21,22,23)(H,28,29,30)/t14-,16-,17-,20-/m1/s1. The zero-order valence-corrected chi connectivity index (χ0v) is 19.3. The Morgan fingerprint density at radius 2 is 1.67 bits per heavy atom. The van der Waals surface area contributed by atoms with Crippen LogP contribution in [0, 0.1) is 0 Å². The van der Waals surface area contributed by atoms with Crippen molar-refractivity contribution >= 4 is 27.1 Å². The SMILES string of the molecule is Nc1ncnc2c1ncn2[C@@H]1O[C@H](COCCCCCCCCCCS(=O)(=O)O)[C@@H](O)[C@H]1O. The first-order valence-corrected chi connectivity index (χ1v) is 12.9. The monoisotopic (exact) mass is 487 g/mol. The molecule has 0 amide bonds. The van der Waals surface area contributed by atoms with E-state index in [2.05, 4.69) is 15.0 Å². The van der Waals surface area contributed by atoms with Gasteiger partial charge >= 0.3 is 0 Å². The van der Waals surface area contributed by atoms with Crippen LogP contribution in [-0.2, 0) is 19.6 Å². The summed E-state index contributed by atoms with van der Waals surface area (Å²) in [5.74, 6) is 0.0625. The summed E-state index contributed by atoms with van der Waals surface area (Å²) in [6.07, 6.45) is 6.25. The van der Waals surface area contributed by atoms with Gasteiger partial charge in [-0.2, -0.15) is 8.42 Å². The lowest BCUT2D eigenvalue weighted by Crippen LogP contribution is -2.33. The van der Waals surface area contributed by atoms with Gasteiger partial charge in [0.25, 0.3) is 10.1 Å². The molecule has 4 atom stereocenters. The van der Waals surface area contributed by atoms with Crippen LogP contribution < -0.4 is 5.73 Å². The molecule has 2 aromatic rings. The number of ether oxygens (including phenoxy) is 2. The fourth-order valence-corrected chi connectivity index (χ4v) is 4.47. The number of hydrogen-bond acceptors (Lipinski definition) is 10. The van der Waals surface area contributed by atoms with E-state index >= 15 is 0 Å². The minimum absolute atomic E-state index is 0.159. The molecule has 0 radical (unpaired) electrons. The van der Waals surface area contributed by atoms with E-state index in [9.17, 15) is 18.6 Å². The van der Waals surface area contributed by atoms with Crippen LogP contribution in [0.5, 0.6) is 0 Å². The molecule has 1 fully saturated rings. The maximum Gasteiger partial charge on any atom is 0.264 e. The Bertz CT molecular complexity index is 986. The third-order valence-electron chi connectivity index (χ3n) is 5.72. The molecular weight excluding hydrogens is 454 g/mol. The van der Waals surface area contributed by atoms with E-state index < -0.39 is 34.7 Å². The van der Waals surface area contributed by atoms with Crippen molar-refractivity contribution in [1.82, 2.24) is 19.5 Å². The lowest BCUT2D eigenvalue weighted by molar-refractivity contribution is -0.0657. The van der Waals surface area contributed by atoms with Gasteiger partial charge < -0.3 is 25.4 Å². The molecule has 1 saturated heterocycles. The average Bonchev–Trinajstić information content (AvgIpc) is 3.31. The van der Waals surface area contributed by atoms with Crippen LogP contribution in [0.4, 0.5) is 5.82 Å². The fourth-order valence-electron chi connectivity index (χ4n) is 3.90. The van der Waals surface area contributed by atoms with Gasteiger partial charge in [-0.25, -0.2) is 15.0 Å². The summed E-state index contributed by atoms with van der Waals surface area (Å²) in [6, 6.07) is 0. The number of nitrogens with two attached hydrogens (primary N) is 1. The van der Waals surface area contributed by atoms with Crippen LogP contribution in [-0.4, -0.2) is 80.0 Å². The highest BCUT2D eigenvalue weighted by Gasteiger charge is 2.44. The minimum Gasteiger partial charge on any atom is -0.387 e. The van der Waals surface area contributed by atoms with Gasteiger partial charge in [0.2, 0.25) is 0 Å². The summed E-state index contributed by atoms with van der Waals surface area (Å²) in [6.45, 7) is 0.686. The number of fused-ring (bicyclic) bond motifs is 1. The molecule has 0 aromatic carbocycles. The van der Waals surface area contributed by atoms with Crippen LogP contribution in [0.3, 0.4) is 0 Å². The van der Waals surface area contributed by atoms with Crippen molar-refractivity contribution in [1.29, 1.82) is 0 Å². The number of anilines is 1. The molecule has 5 N–H and O–H groups in total. The number of unbranched alkanes of at least 4 members (excludes halogenated alkanes) is 7. The molecule has 12 nitrogen and oxygen atoms in total. The maximum absolute atomic E-state index is 10.6. The molecule has 186 valence electrons. The highest BCUT2D eigenvalue weighted by molar-refractivity contribution is 7.85. The Morgan fingerprint density at radius 1 is 1.00 bits per heavy atom. The van der Waals surface area contributed by atoms with Gasteiger partial charge in [-0.3, -0.25) is 9.12 Å². The number of imidazole rings is 1. The largest absolute Gasteiger partial charge is 0.387 e. The minimum atomic E-state index is -3.84. The average molecular weight is 488 g/mol. The third-order valence-corrected chi connectivity index (χ3v) is 6.53. The molecule has 13 heteroatoms. The summed E-state index contributed by atoms with van der Waals surface area (Å²) >= 11 is 0. The Morgan fingerprint density at radius 3 is 2.36 bits per heavy atom. The van der Waals surface area contributed by atoms with Crippen molar-refractivity contribution in [2.24, 2.45) is 0 Å². The van der Waals surface area contributed by atoms with Crippen molar-refractivity contribution in [2.45, 2.75) is 75.9 Å². The van der Waals surface area contributed by atoms with Crippen LogP contribution in [0.25, 0.3) is 11.2 Å². The molecule has 0 saturated carbocycles. The van der Waals surface area contributed by atoms with Gasteiger partial charge in [0.05, 0.1) is 18.7 Å². The molecule has 33 heavy (non-hydrogen) atoms. The zero-order valence-electron chi connectivity index (χ0n) is 18.5. The Kier molecular flexibility index (Phi) is 9.35. The van der Waals surface area contributed by atoms with Gasteiger partial charge in [-0.15, -0.1) is 0 Å². The van der Waals surface area contributed by atoms with Crippen molar-refractivity contribution in [2.75, 3.05) is 24.7 Å². The second-order valence-corrected chi connectivity index (χ2v) is 9.89. The quantitative estimate of drug-likeness (QED) is 0.221. The number of nitrogen functional groups attached to an aromatic ring is 1. The van der Waals surface area contributed by atoms with Crippen molar-refractivity contribution < 1.29 is 32.7 Å². The topological polar surface area (TPSA) is 183 Å². The second-order valence-electron chi connectivity index (χ2n) is 8.32. The van der Waals surface area contributed by atoms with Crippen LogP contribution in [0.15, 0.2) is 12.7 Å². The zero-order chi connectivity index (χ0) is 23.8. The number of nitrogens with zero attached hydrogens (tertiary/aromatic N) is 4. The van der Waals surface area contributed by atoms with E-state index in [0.29, 0.717) is 24.2 Å². The molecule has 0 unspecified atom stereocenters. The Balaban J connectivity index is 1.29. The van der Waals surface area contributed by atoms with Crippen molar-refractivity contribution in [3.05, 3.63) is 12.7 Å². The summed E-state index contributed by atoms with van der Waals surface area (Å²) in [5, 5.41) is 20.8. The van der Waals surface area contributed by atoms with Crippen LogP contribution in [0.2, 0.25) is 0 Å². The third kappa shape index (κ3) is 7.29. The molecule has 1 aliphatic rings. The summed E-state index contributed by atoms with van der Waals surface area (Å²) < 4.78 is 43.0. The number of hydrogen-bond donors (Lipinski definition) is 4. The predicted molar refractivity (Wildman–Crippen MR) is 120 cm³/mol. The van der Waals surface area contributed by atoms with E-state index in [1.54, 1.807) is 0 Å². The molecule has 3 heterocycles. The highest BCUT2D eigenvalue weighted by Crippen LogP contribution is 2.32. The Labute approximate surface area is 192 Å². The lowest BCUT2D eigenvalue weighted by atomic mass is 10.1. The number of aliphatic hydroxyl groups is 2. The number of aliphatic hydroxyl groups excluding tert-OH is 2. The second kappa shape index (κ2) is 12.0. The molecular formula is C20H33N5O7S. The number of aromatic nitrogens is 4. The van der Waals surface area contributed by atoms with Gasteiger partial charge in [0.15, 0.2) is 17.7 Å². The maximum atomic E-state index is 10.6. The predicted octanol–water partition coefficient (Wildman–Crippen LogP) is 1.05. The van der Waals surface area contributed by atoms with E-state index in [1.807, 2.05) is 0 Å². The molecule has 1 aliphatic heterocycles. The van der Waals surface area contributed by atoms with Crippen molar-refractivity contribution in [3.63, 3.8) is 0 Å². The first-order chi connectivity index (χ1) is 15.8. The number of rotatable bonds is 14. The summed E-state index contributed by atoms with van der Waals surface area (Å²) in [5.41, 5.74) is 6.61. The Hall–Kier alpha value is -1.90. The fraction of sp³-hybridized carbons (Fsp3) is 0.750. The van der Waals surface area contributed by atoms with E-state index in [1.165, 1.54) is 17.2 Å². The molecule has 0 spiro atoms. The van der Waals surface area contributed by atoms with Crippen molar-refractivity contribution in [3.8, 4) is 0 Å². The van der Waals surface area contributed by atoms with Gasteiger partial charge in [-0.05, 0) is 12.8 Å². The van der Waals surface area contributed by atoms with Gasteiger partial charge in [0.1, 0.15) is 30.2 Å². The van der Waals surface area contributed by atoms with Gasteiger partial charge in [0, 0.05) is 6.61 Å². The normalized spacial score (nSPS) is 23.5. The van der Waals surface area contributed by atoms with Gasteiger partial charge in [-0.1, -0.05) is 38.5 Å². The molecule has 0 aliphatic carbocycles. The van der Waals surface area contributed by atoms with Crippen LogP contribution in [0.1, 0.15) is 57.6 Å².